The number of amides is 1. The Balaban J connectivity index is 2.27. The predicted molar refractivity (Wildman–Crippen MR) is 73.5 cm³/mol. The van der Waals surface area contributed by atoms with Crippen molar-refractivity contribution in [2.45, 2.75) is 38.8 Å². The van der Waals surface area contributed by atoms with Crippen LogP contribution in [0.5, 0.6) is 0 Å². The number of rotatable bonds is 6. The number of hydrogen-bond acceptors (Lipinski definition) is 5. The molecule has 0 saturated carbocycles. The van der Waals surface area contributed by atoms with Crippen LogP contribution in [0.25, 0.3) is 0 Å². The Hall–Kier alpha value is -0.660. The highest BCUT2D eigenvalue weighted by Crippen LogP contribution is 2.06. The van der Waals surface area contributed by atoms with Crippen molar-refractivity contribution in [1.82, 2.24) is 10.6 Å². The Morgan fingerprint density at radius 3 is 2.74 bits per heavy atom. The van der Waals surface area contributed by atoms with E-state index in [1.54, 1.807) is 0 Å². The molecule has 2 atom stereocenters. The van der Waals surface area contributed by atoms with E-state index in [9.17, 15) is 18.3 Å². The van der Waals surface area contributed by atoms with E-state index in [2.05, 4.69) is 10.6 Å². The van der Waals surface area contributed by atoms with Gasteiger partial charge in [-0.15, -0.1) is 0 Å². The minimum Gasteiger partial charge on any atom is -0.391 e. The van der Waals surface area contributed by atoms with Crippen LogP contribution in [0.2, 0.25) is 0 Å². The standard InChI is InChI=1S/C12H24N2O4S/c1-9(2)5-11(15)7-14-12(16)6-10-8-19(17,18)4-3-13-10/h9-11,13,15H,3-8H2,1-2H3,(H,14,16). The van der Waals surface area contributed by atoms with Gasteiger partial charge in [0.2, 0.25) is 5.91 Å². The van der Waals surface area contributed by atoms with Crippen LogP contribution >= 0.6 is 0 Å². The highest BCUT2D eigenvalue weighted by atomic mass is 32.2. The fourth-order valence-corrected chi connectivity index (χ4v) is 3.60. The Morgan fingerprint density at radius 2 is 2.16 bits per heavy atom. The van der Waals surface area contributed by atoms with Gasteiger partial charge < -0.3 is 15.7 Å². The second-order valence-electron chi connectivity index (χ2n) is 5.56. The van der Waals surface area contributed by atoms with Gasteiger partial charge in [0.15, 0.2) is 9.84 Å². The minimum atomic E-state index is -3.02. The molecular weight excluding hydrogens is 268 g/mol. The summed E-state index contributed by atoms with van der Waals surface area (Å²) in [6.45, 7) is 4.62. The van der Waals surface area contributed by atoms with Gasteiger partial charge in [-0.3, -0.25) is 4.79 Å². The summed E-state index contributed by atoms with van der Waals surface area (Å²) < 4.78 is 22.8. The van der Waals surface area contributed by atoms with E-state index in [0.29, 0.717) is 18.9 Å². The SMILES string of the molecule is CC(C)CC(O)CNC(=O)CC1CS(=O)(=O)CCN1. The van der Waals surface area contributed by atoms with Crippen LogP contribution in [0.15, 0.2) is 0 Å². The van der Waals surface area contributed by atoms with Gasteiger partial charge in [0, 0.05) is 25.6 Å². The molecule has 0 aromatic carbocycles. The number of carbonyl (C=O) groups excluding carboxylic acids is 1. The van der Waals surface area contributed by atoms with Crippen molar-refractivity contribution in [3.05, 3.63) is 0 Å². The van der Waals surface area contributed by atoms with E-state index in [4.69, 9.17) is 0 Å². The van der Waals surface area contributed by atoms with Crippen LogP contribution < -0.4 is 10.6 Å². The van der Waals surface area contributed by atoms with Crippen molar-refractivity contribution in [3.8, 4) is 0 Å². The Labute approximate surface area is 114 Å². The average molecular weight is 292 g/mol. The van der Waals surface area contributed by atoms with Gasteiger partial charge in [0.25, 0.3) is 0 Å². The maximum absolute atomic E-state index is 11.7. The van der Waals surface area contributed by atoms with Crippen LogP contribution in [-0.2, 0) is 14.6 Å². The van der Waals surface area contributed by atoms with Crippen LogP contribution in [0.4, 0.5) is 0 Å². The number of aliphatic hydroxyl groups excluding tert-OH is 1. The molecule has 112 valence electrons. The molecule has 6 nitrogen and oxygen atoms in total. The van der Waals surface area contributed by atoms with Gasteiger partial charge in [-0.2, -0.15) is 0 Å². The molecule has 1 amide bonds. The summed E-state index contributed by atoms with van der Waals surface area (Å²) in [6.07, 6.45) is 0.219. The van der Waals surface area contributed by atoms with Crippen LogP contribution in [0.1, 0.15) is 26.7 Å². The molecule has 0 radical (unpaired) electrons. The Morgan fingerprint density at radius 1 is 1.47 bits per heavy atom. The van der Waals surface area contributed by atoms with E-state index < -0.39 is 15.9 Å². The number of aliphatic hydroxyl groups is 1. The van der Waals surface area contributed by atoms with Crippen molar-refractivity contribution in [3.63, 3.8) is 0 Å². The molecule has 1 aliphatic heterocycles. The lowest BCUT2D eigenvalue weighted by molar-refractivity contribution is -0.122. The summed E-state index contributed by atoms with van der Waals surface area (Å²) in [7, 11) is -3.02. The second-order valence-corrected chi connectivity index (χ2v) is 7.79. The molecule has 19 heavy (non-hydrogen) atoms. The van der Waals surface area contributed by atoms with Crippen molar-refractivity contribution in [1.29, 1.82) is 0 Å². The number of hydrogen-bond donors (Lipinski definition) is 3. The fourth-order valence-electron chi connectivity index (χ4n) is 2.15. The third-order valence-electron chi connectivity index (χ3n) is 3.01. The third-order valence-corrected chi connectivity index (χ3v) is 4.75. The maximum atomic E-state index is 11.7. The summed E-state index contributed by atoms with van der Waals surface area (Å²) in [5.41, 5.74) is 0. The van der Waals surface area contributed by atoms with Crippen LogP contribution in [-0.4, -0.2) is 56.2 Å². The summed E-state index contributed by atoms with van der Waals surface area (Å²) in [6, 6.07) is -0.319. The highest BCUT2D eigenvalue weighted by molar-refractivity contribution is 7.91. The molecular formula is C12H24N2O4S. The van der Waals surface area contributed by atoms with E-state index >= 15 is 0 Å². The van der Waals surface area contributed by atoms with Gasteiger partial charge in [-0.1, -0.05) is 13.8 Å². The first-order chi connectivity index (χ1) is 8.78. The number of sulfone groups is 1. The van der Waals surface area contributed by atoms with Crippen molar-refractivity contribution in [2.75, 3.05) is 24.6 Å². The zero-order valence-electron chi connectivity index (χ0n) is 11.6. The first-order valence-electron chi connectivity index (χ1n) is 6.67. The van der Waals surface area contributed by atoms with Crippen molar-refractivity contribution in [2.24, 2.45) is 5.92 Å². The van der Waals surface area contributed by atoms with E-state index in [1.165, 1.54) is 0 Å². The monoisotopic (exact) mass is 292 g/mol. The summed E-state index contributed by atoms with van der Waals surface area (Å²) >= 11 is 0. The van der Waals surface area contributed by atoms with Gasteiger partial charge in [0.05, 0.1) is 17.6 Å². The van der Waals surface area contributed by atoms with E-state index in [1.807, 2.05) is 13.8 Å². The molecule has 0 bridgehead atoms. The lowest BCUT2D eigenvalue weighted by Gasteiger charge is -2.23. The smallest absolute Gasteiger partial charge is 0.221 e. The third kappa shape index (κ3) is 6.89. The molecule has 7 heteroatoms. The normalized spacial score (nSPS) is 24.1. The summed E-state index contributed by atoms with van der Waals surface area (Å²) in [5, 5.41) is 15.3. The molecule has 1 heterocycles. The molecule has 3 N–H and O–H groups in total. The molecule has 0 aromatic rings. The molecule has 0 aliphatic carbocycles. The number of carbonyl (C=O) groups is 1. The second kappa shape index (κ2) is 7.21. The minimum absolute atomic E-state index is 0.00890. The predicted octanol–water partition coefficient (Wildman–Crippen LogP) is -0.714. The lowest BCUT2D eigenvalue weighted by atomic mass is 10.1. The van der Waals surface area contributed by atoms with Gasteiger partial charge in [-0.05, 0) is 12.3 Å². The highest BCUT2D eigenvalue weighted by Gasteiger charge is 2.25. The van der Waals surface area contributed by atoms with Crippen molar-refractivity contribution >= 4 is 15.7 Å². The van der Waals surface area contributed by atoms with E-state index in [0.717, 1.165) is 0 Å². The van der Waals surface area contributed by atoms with Gasteiger partial charge >= 0.3 is 0 Å². The quantitative estimate of drug-likeness (QED) is 0.601. The summed E-state index contributed by atoms with van der Waals surface area (Å²) in [4.78, 5) is 11.7. The molecule has 1 aliphatic rings. The number of nitrogens with one attached hydrogen (secondary N) is 2. The zero-order chi connectivity index (χ0) is 14.5. The van der Waals surface area contributed by atoms with E-state index in [-0.39, 0.29) is 36.4 Å². The first-order valence-corrected chi connectivity index (χ1v) is 8.49. The zero-order valence-corrected chi connectivity index (χ0v) is 12.4. The Bertz CT molecular complexity index is 395. The lowest BCUT2D eigenvalue weighted by Crippen LogP contribution is -2.47. The van der Waals surface area contributed by atoms with Crippen molar-refractivity contribution < 1.29 is 18.3 Å². The molecule has 2 unspecified atom stereocenters. The van der Waals surface area contributed by atoms with Gasteiger partial charge in [0.1, 0.15) is 0 Å². The fraction of sp³-hybridized carbons (Fsp3) is 0.917. The molecule has 1 fully saturated rings. The first kappa shape index (κ1) is 16.4. The molecule has 0 spiro atoms. The van der Waals surface area contributed by atoms with Gasteiger partial charge in [-0.25, -0.2) is 8.42 Å². The molecule has 0 aromatic heterocycles. The Kier molecular flexibility index (Phi) is 6.22. The molecule has 1 saturated heterocycles. The van der Waals surface area contributed by atoms with Crippen LogP contribution in [0, 0.1) is 5.92 Å². The average Bonchev–Trinajstić information content (AvgIpc) is 2.24. The summed E-state index contributed by atoms with van der Waals surface area (Å²) in [5.74, 6) is 0.294. The largest absolute Gasteiger partial charge is 0.391 e. The topological polar surface area (TPSA) is 95.5 Å². The maximum Gasteiger partial charge on any atom is 0.221 e. The van der Waals surface area contributed by atoms with Crippen LogP contribution in [0.3, 0.4) is 0 Å². The molecule has 1 rings (SSSR count).